The Kier molecular flexibility index (Phi) is 5.90. The molecule has 1 saturated heterocycles. The molecule has 0 atom stereocenters. The number of fused-ring (bicyclic) bond motifs is 1. The van der Waals surface area contributed by atoms with E-state index in [1.54, 1.807) is 17.9 Å². The molecular formula is C23H25Cl2N3O3. The van der Waals surface area contributed by atoms with Crippen LogP contribution in [0.5, 0.6) is 5.75 Å². The molecule has 0 radical (unpaired) electrons. The van der Waals surface area contributed by atoms with Crippen LogP contribution >= 0.6 is 23.2 Å². The minimum atomic E-state index is -0.268. The van der Waals surface area contributed by atoms with Crippen molar-refractivity contribution in [3.63, 3.8) is 0 Å². The molecule has 2 aromatic rings. The molecule has 0 unspecified atom stereocenters. The Morgan fingerprint density at radius 1 is 1.29 bits per heavy atom. The number of hydrogen-bond donors (Lipinski definition) is 1. The Morgan fingerprint density at radius 2 is 2.00 bits per heavy atom. The van der Waals surface area contributed by atoms with Crippen LogP contribution in [0.2, 0.25) is 10.0 Å². The Bertz CT molecular complexity index is 1140. The van der Waals surface area contributed by atoms with Crippen molar-refractivity contribution in [2.24, 2.45) is 5.92 Å². The summed E-state index contributed by atoms with van der Waals surface area (Å²) in [6.07, 6.45) is 0.560. The Labute approximate surface area is 191 Å². The summed E-state index contributed by atoms with van der Waals surface area (Å²) in [7, 11) is 3.56. The van der Waals surface area contributed by atoms with E-state index in [-0.39, 0.29) is 18.0 Å². The number of nitrogens with zero attached hydrogens (tertiary/aromatic N) is 2. The highest BCUT2D eigenvalue weighted by Gasteiger charge is 2.34. The van der Waals surface area contributed by atoms with Gasteiger partial charge in [0.05, 0.1) is 29.8 Å². The van der Waals surface area contributed by atoms with Crippen LogP contribution in [0.15, 0.2) is 23.5 Å². The second-order valence-electron chi connectivity index (χ2n) is 8.32. The van der Waals surface area contributed by atoms with Gasteiger partial charge in [0.15, 0.2) is 0 Å². The average molecular weight is 462 g/mol. The predicted molar refractivity (Wildman–Crippen MR) is 123 cm³/mol. The number of benzene rings is 1. The molecule has 1 fully saturated rings. The first-order chi connectivity index (χ1) is 14.7. The van der Waals surface area contributed by atoms with E-state index < -0.39 is 0 Å². The van der Waals surface area contributed by atoms with Gasteiger partial charge in [0.25, 0.3) is 11.5 Å². The van der Waals surface area contributed by atoms with Crippen molar-refractivity contribution in [2.45, 2.75) is 19.9 Å². The van der Waals surface area contributed by atoms with Gasteiger partial charge in [-0.3, -0.25) is 9.59 Å². The van der Waals surface area contributed by atoms with Crippen molar-refractivity contribution in [1.82, 2.24) is 14.8 Å². The fraction of sp³-hybridized carbons (Fsp3) is 0.391. The molecule has 0 saturated carbocycles. The summed E-state index contributed by atoms with van der Waals surface area (Å²) in [4.78, 5) is 32.6. The summed E-state index contributed by atoms with van der Waals surface area (Å²) in [6.45, 7) is 8.38. The lowest BCUT2D eigenvalue weighted by Crippen LogP contribution is -2.44. The third-order valence-electron chi connectivity index (χ3n) is 6.15. The van der Waals surface area contributed by atoms with E-state index in [1.165, 1.54) is 7.11 Å². The van der Waals surface area contributed by atoms with Gasteiger partial charge in [-0.2, -0.15) is 0 Å². The Hall–Kier alpha value is -2.28. The van der Waals surface area contributed by atoms with E-state index in [0.717, 1.165) is 29.8 Å². The van der Waals surface area contributed by atoms with Gasteiger partial charge in [0.1, 0.15) is 5.75 Å². The fourth-order valence-electron chi connectivity index (χ4n) is 4.37. The number of halogens is 2. The Morgan fingerprint density at radius 3 is 2.65 bits per heavy atom. The number of pyridine rings is 1. The lowest BCUT2D eigenvalue weighted by Gasteiger charge is -2.38. The summed E-state index contributed by atoms with van der Waals surface area (Å²) in [6, 6.07) is 3.58. The van der Waals surface area contributed by atoms with Gasteiger partial charge in [-0.1, -0.05) is 29.8 Å². The van der Waals surface area contributed by atoms with E-state index >= 15 is 0 Å². The van der Waals surface area contributed by atoms with Crippen LogP contribution < -0.4 is 10.3 Å². The number of H-pyrrole nitrogens is 1. The third kappa shape index (κ3) is 3.88. The molecule has 0 spiro atoms. The van der Waals surface area contributed by atoms with E-state index in [0.29, 0.717) is 51.5 Å². The summed E-state index contributed by atoms with van der Waals surface area (Å²) < 4.78 is 5.38. The van der Waals surface area contributed by atoms with Crippen LogP contribution in [-0.4, -0.2) is 54.5 Å². The lowest BCUT2D eigenvalue weighted by atomic mass is 9.85. The van der Waals surface area contributed by atoms with Crippen molar-refractivity contribution in [3.05, 3.63) is 67.1 Å². The molecule has 8 heteroatoms. The number of carbonyl (C=O) groups excluding carboxylic acids is 1. The minimum absolute atomic E-state index is 0.129. The van der Waals surface area contributed by atoms with E-state index in [1.807, 2.05) is 13.1 Å². The molecule has 4 rings (SSSR count). The molecule has 1 N–H and O–H groups in total. The van der Waals surface area contributed by atoms with Crippen molar-refractivity contribution in [1.29, 1.82) is 0 Å². The smallest absolute Gasteiger partial charge is 0.256 e. The second-order valence-corrected chi connectivity index (χ2v) is 9.11. The van der Waals surface area contributed by atoms with Gasteiger partial charge in [-0.15, -0.1) is 0 Å². The lowest BCUT2D eigenvalue weighted by molar-refractivity contribution is 0.0725. The van der Waals surface area contributed by atoms with Gasteiger partial charge in [-0.25, -0.2) is 0 Å². The quantitative estimate of drug-likeness (QED) is 0.735. The molecule has 1 amide bonds. The zero-order valence-electron chi connectivity index (χ0n) is 17.8. The molecule has 6 nitrogen and oxygen atoms in total. The average Bonchev–Trinajstić information content (AvgIpc) is 2.70. The largest absolute Gasteiger partial charge is 0.496 e. The van der Waals surface area contributed by atoms with Crippen molar-refractivity contribution in [2.75, 3.05) is 33.8 Å². The Balaban J connectivity index is 1.69. The van der Waals surface area contributed by atoms with Crippen molar-refractivity contribution >= 4 is 34.7 Å². The number of aromatic nitrogens is 1. The number of nitrogens with one attached hydrogen (secondary N) is 1. The number of aryl methyl sites for hydroxylation is 1. The number of amides is 1. The van der Waals surface area contributed by atoms with Gasteiger partial charge < -0.3 is 19.5 Å². The number of aromatic amines is 1. The number of ether oxygens (including phenoxy) is 1. The van der Waals surface area contributed by atoms with Gasteiger partial charge >= 0.3 is 0 Å². The highest BCUT2D eigenvalue weighted by Crippen LogP contribution is 2.40. The van der Waals surface area contributed by atoms with Crippen LogP contribution in [-0.2, 0) is 13.0 Å². The predicted octanol–water partition coefficient (Wildman–Crippen LogP) is 3.77. The number of rotatable bonds is 5. The van der Waals surface area contributed by atoms with E-state index in [2.05, 4.69) is 16.5 Å². The first-order valence-corrected chi connectivity index (χ1v) is 10.9. The zero-order valence-corrected chi connectivity index (χ0v) is 19.4. The maximum atomic E-state index is 13.4. The van der Waals surface area contributed by atoms with Crippen LogP contribution in [0.3, 0.4) is 0 Å². The number of carbonyl (C=O) groups is 1. The number of likely N-dealkylation sites (tertiary alicyclic amines) is 1. The summed E-state index contributed by atoms with van der Waals surface area (Å²) in [5.74, 6) is 0.512. The molecule has 0 aliphatic carbocycles. The van der Waals surface area contributed by atoms with Crippen molar-refractivity contribution in [3.8, 4) is 5.75 Å². The monoisotopic (exact) mass is 461 g/mol. The van der Waals surface area contributed by atoms with Gasteiger partial charge in [0, 0.05) is 36.3 Å². The topological polar surface area (TPSA) is 65.6 Å². The molecule has 0 bridgehead atoms. The summed E-state index contributed by atoms with van der Waals surface area (Å²) >= 11 is 13.3. The molecule has 3 heterocycles. The summed E-state index contributed by atoms with van der Waals surface area (Å²) in [5.41, 5.74) is 3.62. The zero-order chi connectivity index (χ0) is 22.4. The van der Waals surface area contributed by atoms with Crippen LogP contribution in [0.4, 0.5) is 0 Å². The molecule has 1 aromatic carbocycles. The van der Waals surface area contributed by atoms with Crippen LogP contribution in [0, 0.1) is 12.8 Å². The normalized spacial score (nSPS) is 16.8. The standard InChI is InChI=1S/C23H25Cl2N3O3/c1-12-7-19(31-4)17(22(29)26-12)11-28-6-5-15-18(24)8-16(21(25)20(15)23(28)30)13(2)14-9-27(3)10-14/h7-8,14H,2,5-6,9-11H2,1,3-4H3,(H,26,29). The molecule has 164 valence electrons. The number of hydrogen-bond acceptors (Lipinski definition) is 4. The third-order valence-corrected chi connectivity index (χ3v) is 6.88. The highest BCUT2D eigenvalue weighted by atomic mass is 35.5. The first-order valence-electron chi connectivity index (χ1n) is 10.2. The SMILES string of the molecule is C=C(c1cc(Cl)c2c(c1Cl)C(=O)N(Cc1c(OC)cc(C)[nH]c1=O)CC2)C1CN(C)C1. The van der Waals surface area contributed by atoms with Gasteiger partial charge in [-0.05, 0) is 49.2 Å². The van der Waals surface area contributed by atoms with Crippen LogP contribution in [0.1, 0.15) is 32.7 Å². The molecule has 2 aliphatic heterocycles. The molecular weight excluding hydrogens is 437 g/mol. The first kappa shape index (κ1) is 21.9. The highest BCUT2D eigenvalue weighted by molar-refractivity contribution is 6.38. The second kappa shape index (κ2) is 8.34. The maximum absolute atomic E-state index is 13.4. The fourth-order valence-corrected chi connectivity index (χ4v) is 5.04. The van der Waals surface area contributed by atoms with Gasteiger partial charge in [0.2, 0.25) is 0 Å². The molecule has 2 aliphatic rings. The van der Waals surface area contributed by atoms with Crippen molar-refractivity contribution < 1.29 is 9.53 Å². The molecule has 31 heavy (non-hydrogen) atoms. The maximum Gasteiger partial charge on any atom is 0.256 e. The minimum Gasteiger partial charge on any atom is -0.496 e. The van der Waals surface area contributed by atoms with E-state index in [4.69, 9.17) is 27.9 Å². The van der Waals surface area contributed by atoms with Crippen LogP contribution in [0.25, 0.3) is 5.57 Å². The molecule has 1 aromatic heterocycles. The summed E-state index contributed by atoms with van der Waals surface area (Å²) in [5, 5.41) is 0.917. The van der Waals surface area contributed by atoms with E-state index in [9.17, 15) is 9.59 Å². The number of methoxy groups -OCH3 is 1.